The van der Waals surface area contributed by atoms with E-state index in [1.165, 1.54) is 12.1 Å². The third-order valence-electron chi connectivity index (χ3n) is 3.51. The summed E-state index contributed by atoms with van der Waals surface area (Å²) in [6.45, 7) is 1.89. The van der Waals surface area contributed by atoms with E-state index in [2.05, 4.69) is 5.10 Å². The van der Waals surface area contributed by atoms with Gasteiger partial charge in [-0.25, -0.2) is 4.68 Å². The molecule has 0 amide bonds. The zero-order valence-electron chi connectivity index (χ0n) is 12.0. The summed E-state index contributed by atoms with van der Waals surface area (Å²) in [7, 11) is 0. The van der Waals surface area contributed by atoms with E-state index in [0.717, 1.165) is 16.8 Å². The van der Waals surface area contributed by atoms with Gasteiger partial charge in [-0.15, -0.1) is 0 Å². The number of hydrogen-bond acceptors (Lipinski definition) is 4. The Morgan fingerprint density at radius 3 is 2.32 bits per heavy atom. The molecule has 1 aromatic heterocycles. The molecule has 1 heterocycles. The fourth-order valence-corrected chi connectivity index (χ4v) is 2.44. The molecule has 0 spiro atoms. The lowest BCUT2D eigenvalue weighted by molar-refractivity contribution is -0.255. The van der Waals surface area contributed by atoms with E-state index < -0.39 is 5.97 Å². The van der Waals surface area contributed by atoms with Crippen LogP contribution < -0.4 is 10.8 Å². The number of nitrogens with zero attached hydrogens (tertiary/aromatic N) is 2. The SMILES string of the molecule is Cc1nn(-c2ccc(C(=O)[O-])cc2)c(N)c1-c1ccccc1. The number of carbonyl (C=O) groups is 1. The lowest BCUT2D eigenvalue weighted by Gasteiger charge is -2.07. The van der Waals surface area contributed by atoms with Crippen LogP contribution in [0.25, 0.3) is 16.8 Å². The second kappa shape index (κ2) is 5.37. The molecule has 3 aromatic rings. The third-order valence-corrected chi connectivity index (χ3v) is 3.51. The Balaban J connectivity index is 2.08. The molecule has 2 N–H and O–H groups in total. The van der Waals surface area contributed by atoms with Gasteiger partial charge in [-0.1, -0.05) is 42.5 Å². The molecule has 0 fully saturated rings. The second-order valence-electron chi connectivity index (χ2n) is 4.96. The van der Waals surface area contributed by atoms with Gasteiger partial charge >= 0.3 is 0 Å². The zero-order chi connectivity index (χ0) is 15.7. The normalized spacial score (nSPS) is 10.6. The van der Waals surface area contributed by atoms with Gasteiger partial charge in [0.15, 0.2) is 0 Å². The first-order valence-electron chi connectivity index (χ1n) is 6.80. The maximum absolute atomic E-state index is 10.8. The Labute approximate surface area is 127 Å². The lowest BCUT2D eigenvalue weighted by atomic mass is 10.1. The average Bonchev–Trinajstić information content (AvgIpc) is 2.83. The van der Waals surface area contributed by atoms with Gasteiger partial charge in [-0.3, -0.25) is 0 Å². The van der Waals surface area contributed by atoms with Crippen molar-refractivity contribution >= 4 is 11.8 Å². The molecule has 0 aliphatic rings. The highest BCUT2D eigenvalue weighted by Gasteiger charge is 2.15. The molecule has 0 aliphatic heterocycles. The Bertz CT molecular complexity index is 821. The molecular weight excluding hydrogens is 278 g/mol. The number of aromatic nitrogens is 2. The molecule has 0 unspecified atom stereocenters. The molecule has 5 heteroatoms. The molecule has 2 aromatic carbocycles. The van der Waals surface area contributed by atoms with Crippen molar-refractivity contribution in [3.8, 4) is 16.8 Å². The van der Waals surface area contributed by atoms with Crippen molar-refractivity contribution < 1.29 is 9.90 Å². The van der Waals surface area contributed by atoms with E-state index in [0.29, 0.717) is 11.5 Å². The van der Waals surface area contributed by atoms with Crippen LogP contribution in [0.4, 0.5) is 5.82 Å². The van der Waals surface area contributed by atoms with Gasteiger partial charge in [0.1, 0.15) is 5.82 Å². The van der Waals surface area contributed by atoms with Crippen molar-refractivity contribution in [2.24, 2.45) is 0 Å². The highest BCUT2D eigenvalue weighted by atomic mass is 16.4. The predicted molar refractivity (Wildman–Crippen MR) is 82.5 cm³/mol. The summed E-state index contributed by atoms with van der Waals surface area (Å²) in [5, 5.41) is 15.3. The van der Waals surface area contributed by atoms with Gasteiger partial charge in [0.2, 0.25) is 0 Å². The predicted octanol–water partition coefficient (Wildman–Crippen LogP) is 1.79. The van der Waals surface area contributed by atoms with Gasteiger partial charge < -0.3 is 15.6 Å². The van der Waals surface area contributed by atoms with Crippen molar-refractivity contribution in [2.45, 2.75) is 6.92 Å². The first-order valence-corrected chi connectivity index (χ1v) is 6.80. The summed E-state index contributed by atoms with van der Waals surface area (Å²) in [5.41, 5.74) is 9.75. The Morgan fingerprint density at radius 2 is 1.73 bits per heavy atom. The van der Waals surface area contributed by atoms with Crippen molar-refractivity contribution in [3.63, 3.8) is 0 Å². The number of anilines is 1. The second-order valence-corrected chi connectivity index (χ2v) is 4.96. The van der Waals surface area contributed by atoms with Crippen LogP contribution in [-0.2, 0) is 0 Å². The van der Waals surface area contributed by atoms with Crippen LogP contribution in [0.1, 0.15) is 16.1 Å². The summed E-state index contributed by atoms with van der Waals surface area (Å²) in [4.78, 5) is 10.8. The summed E-state index contributed by atoms with van der Waals surface area (Å²) in [6.07, 6.45) is 0. The van der Waals surface area contributed by atoms with E-state index in [9.17, 15) is 9.90 Å². The zero-order valence-corrected chi connectivity index (χ0v) is 12.0. The highest BCUT2D eigenvalue weighted by molar-refractivity contribution is 5.86. The average molecular weight is 292 g/mol. The van der Waals surface area contributed by atoms with Crippen LogP contribution in [0.3, 0.4) is 0 Å². The number of hydrogen-bond donors (Lipinski definition) is 1. The molecule has 0 atom stereocenters. The smallest absolute Gasteiger partial charge is 0.135 e. The minimum atomic E-state index is -1.21. The van der Waals surface area contributed by atoms with Crippen LogP contribution in [0.15, 0.2) is 54.6 Å². The van der Waals surface area contributed by atoms with Crippen molar-refractivity contribution in [2.75, 3.05) is 5.73 Å². The maximum Gasteiger partial charge on any atom is 0.135 e. The first kappa shape index (κ1) is 13.9. The quantitative estimate of drug-likeness (QED) is 0.797. The van der Waals surface area contributed by atoms with Gasteiger partial charge in [0.05, 0.1) is 17.4 Å². The van der Waals surface area contributed by atoms with Crippen molar-refractivity contribution in [1.29, 1.82) is 0 Å². The van der Waals surface area contributed by atoms with Crippen LogP contribution >= 0.6 is 0 Å². The van der Waals surface area contributed by atoms with Crippen molar-refractivity contribution in [3.05, 3.63) is 65.9 Å². The summed E-state index contributed by atoms with van der Waals surface area (Å²) < 4.78 is 1.61. The fraction of sp³-hybridized carbons (Fsp3) is 0.0588. The number of aromatic carboxylic acids is 1. The molecule has 0 saturated carbocycles. The Hall–Kier alpha value is -3.08. The van der Waals surface area contributed by atoms with Gasteiger partial charge in [0, 0.05) is 5.56 Å². The molecular formula is C17H14N3O2-. The first-order chi connectivity index (χ1) is 10.6. The minimum Gasteiger partial charge on any atom is -0.545 e. The van der Waals surface area contributed by atoms with E-state index >= 15 is 0 Å². The number of carboxylic acids is 1. The molecule has 3 rings (SSSR count). The van der Waals surface area contributed by atoms with Crippen LogP contribution in [0, 0.1) is 6.92 Å². The molecule has 0 aliphatic carbocycles. The maximum atomic E-state index is 10.8. The number of nitrogens with two attached hydrogens (primary N) is 1. The minimum absolute atomic E-state index is 0.120. The van der Waals surface area contributed by atoms with Gasteiger partial charge in [0.25, 0.3) is 0 Å². The van der Waals surface area contributed by atoms with Crippen LogP contribution in [0.5, 0.6) is 0 Å². The topological polar surface area (TPSA) is 84.0 Å². The molecule has 5 nitrogen and oxygen atoms in total. The number of aryl methyl sites for hydroxylation is 1. The van der Waals surface area contributed by atoms with Crippen LogP contribution in [-0.4, -0.2) is 15.7 Å². The van der Waals surface area contributed by atoms with Crippen molar-refractivity contribution in [1.82, 2.24) is 9.78 Å². The van der Waals surface area contributed by atoms with Gasteiger partial charge in [-0.05, 0) is 30.2 Å². The number of nitrogen functional groups attached to an aromatic ring is 1. The van der Waals surface area contributed by atoms with E-state index in [1.807, 2.05) is 37.3 Å². The molecule has 0 radical (unpaired) electrons. The number of carbonyl (C=O) groups excluding carboxylic acids is 1. The lowest BCUT2D eigenvalue weighted by Crippen LogP contribution is -2.22. The van der Waals surface area contributed by atoms with Crippen LogP contribution in [0.2, 0.25) is 0 Å². The molecule has 110 valence electrons. The van der Waals surface area contributed by atoms with Gasteiger partial charge in [-0.2, -0.15) is 5.10 Å². The summed E-state index contributed by atoms with van der Waals surface area (Å²) in [5.74, 6) is -0.689. The third kappa shape index (κ3) is 2.33. The molecule has 0 saturated heterocycles. The number of rotatable bonds is 3. The van der Waals surface area contributed by atoms with E-state index in [4.69, 9.17) is 5.73 Å². The summed E-state index contributed by atoms with van der Waals surface area (Å²) in [6, 6.07) is 16.0. The monoisotopic (exact) mass is 292 g/mol. The Morgan fingerprint density at radius 1 is 1.09 bits per heavy atom. The van der Waals surface area contributed by atoms with E-state index in [-0.39, 0.29) is 5.56 Å². The Kier molecular flexibility index (Phi) is 3.39. The number of carboxylic acid groups (broad SMARTS) is 1. The largest absolute Gasteiger partial charge is 0.545 e. The standard InChI is InChI=1S/C17H15N3O2/c1-11-15(12-5-3-2-4-6-12)16(18)20(19-11)14-9-7-13(8-10-14)17(21)22/h2-10H,18H2,1H3,(H,21,22)/p-1. The number of benzene rings is 2. The fourth-order valence-electron chi connectivity index (χ4n) is 2.44. The summed E-state index contributed by atoms with van der Waals surface area (Å²) >= 11 is 0. The van der Waals surface area contributed by atoms with E-state index in [1.54, 1.807) is 16.8 Å². The molecule has 0 bridgehead atoms. The molecule has 22 heavy (non-hydrogen) atoms. The highest BCUT2D eigenvalue weighted by Crippen LogP contribution is 2.30.